The molecule has 2 amide bonds. The number of aryl methyl sites for hydroxylation is 2. The van der Waals surface area contributed by atoms with Gasteiger partial charge in [0.05, 0.1) is 5.71 Å². The Balaban J connectivity index is 1.46. The van der Waals surface area contributed by atoms with Gasteiger partial charge >= 0.3 is 6.03 Å². The number of carbonyl (C=O) groups excluding carboxylic acids is 1. The molecule has 0 aliphatic carbocycles. The molecule has 0 atom stereocenters. The molecule has 1 N–H and O–H groups in total. The van der Waals surface area contributed by atoms with Crippen molar-refractivity contribution in [1.29, 1.82) is 0 Å². The Morgan fingerprint density at radius 3 is 2.41 bits per heavy atom. The van der Waals surface area contributed by atoms with E-state index in [0.717, 1.165) is 40.4 Å². The number of benzene rings is 2. The third-order valence-electron chi connectivity index (χ3n) is 5.47. The zero-order chi connectivity index (χ0) is 20.4. The topological polar surface area (TPSA) is 57.1 Å². The molecular formula is C23H26N4OS. The van der Waals surface area contributed by atoms with E-state index in [1.165, 1.54) is 5.56 Å². The Kier molecular flexibility index (Phi) is 5.46. The summed E-state index contributed by atoms with van der Waals surface area (Å²) < 4.78 is 0. The summed E-state index contributed by atoms with van der Waals surface area (Å²) in [5.41, 5.74) is 4.85. The molecule has 6 heteroatoms. The lowest BCUT2D eigenvalue weighted by Gasteiger charge is -2.35. The van der Waals surface area contributed by atoms with Crippen molar-refractivity contribution in [3.8, 4) is 0 Å². The first kappa shape index (κ1) is 19.7. The first-order valence-corrected chi connectivity index (χ1v) is 11.1. The number of urea groups is 1. The molecule has 2 aromatic rings. The predicted octanol–water partition coefficient (Wildman–Crippen LogP) is 4.89. The highest BCUT2D eigenvalue weighted by atomic mass is 32.2. The van der Waals surface area contributed by atoms with E-state index < -0.39 is 5.66 Å². The van der Waals surface area contributed by atoms with Gasteiger partial charge in [-0.25, -0.2) is 9.79 Å². The van der Waals surface area contributed by atoms with Crippen LogP contribution in [0.2, 0.25) is 0 Å². The van der Waals surface area contributed by atoms with Crippen LogP contribution in [0.15, 0.2) is 58.5 Å². The summed E-state index contributed by atoms with van der Waals surface area (Å²) in [7, 11) is 0. The number of hydrogen-bond acceptors (Lipinski definition) is 4. The molecule has 5 nitrogen and oxygen atoms in total. The SMILES string of the molecule is CSC1=NC2(CCN(C(=O)Nc3cccc(C)c3)CC2)N=C1c1ccc(C)cc1. The van der Waals surface area contributed by atoms with Crippen molar-refractivity contribution in [2.24, 2.45) is 9.98 Å². The minimum atomic E-state index is -0.432. The van der Waals surface area contributed by atoms with E-state index in [1.54, 1.807) is 11.8 Å². The number of aliphatic imine (C=N–C) groups is 2. The molecule has 1 fully saturated rings. The maximum Gasteiger partial charge on any atom is 0.321 e. The van der Waals surface area contributed by atoms with E-state index in [-0.39, 0.29) is 6.03 Å². The van der Waals surface area contributed by atoms with Gasteiger partial charge in [-0.1, -0.05) is 42.0 Å². The second kappa shape index (κ2) is 8.03. The minimum absolute atomic E-state index is 0.0553. The van der Waals surface area contributed by atoms with Crippen molar-refractivity contribution >= 4 is 34.2 Å². The number of hydrogen-bond donors (Lipinski definition) is 1. The van der Waals surface area contributed by atoms with E-state index in [1.807, 2.05) is 42.3 Å². The molecule has 2 aromatic carbocycles. The van der Waals surface area contributed by atoms with E-state index in [4.69, 9.17) is 9.98 Å². The molecule has 1 saturated heterocycles. The number of rotatable bonds is 2. The Labute approximate surface area is 176 Å². The summed E-state index contributed by atoms with van der Waals surface area (Å²) in [4.78, 5) is 24.6. The number of nitrogens with one attached hydrogen (secondary N) is 1. The standard InChI is InChI=1S/C23H26N4OS/c1-16-7-9-18(10-8-16)20-21(29-3)26-23(25-20)11-13-27(14-12-23)22(28)24-19-6-4-5-17(2)15-19/h4-10,15H,11-14H2,1-3H3,(H,24,28). The van der Waals surface area contributed by atoms with Gasteiger partial charge in [-0.3, -0.25) is 4.99 Å². The lowest BCUT2D eigenvalue weighted by molar-refractivity contribution is 0.175. The van der Waals surface area contributed by atoms with E-state index in [9.17, 15) is 4.79 Å². The van der Waals surface area contributed by atoms with Gasteiger partial charge < -0.3 is 10.2 Å². The number of nitrogens with zero attached hydrogens (tertiary/aromatic N) is 3. The van der Waals surface area contributed by atoms with Crippen LogP contribution in [0.3, 0.4) is 0 Å². The monoisotopic (exact) mass is 406 g/mol. The second-order valence-electron chi connectivity index (χ2n) is 7.72. The van der Waals surface area contributed by atoms with Crippen LogP contribution in [-0.2, 0) is 0 Å². The molecule has 2 heterocycles. The highest BCUT2D eigenvalue weighted by molar-refractivity contribution is 8.15. The third-order valence-corrected chi connectivity index (χ3v) is 6.14. The molecule has 0 unspecified atom stereocenters. The molecule has 29 heavy (non-hydrogen) atoms. The van der Waals surface area contributed by atoms with Crippen LogP contribution in [0.1, 0.15) is 29.5 Å². The minimum Gasteiger partial charge on any atom is -0.324 e. The molecule has 1 spiro atoms. The van der Waals surface area contributed by atoms with Crippen LogP contribution in [0.5, 0.6) is 0 Å². The normalized spacial score (nSPS) is 17.8. The average molecular weight is 407 g/mol. The lowest BCUT2D eigenvalue weighted by atomic mass is 9.98. The van der Waals surface area contributed by atoms with Crippen molar-refractivity contribution in [2.45, 2.75) is 32.4 Å². The summed E-state index contributed by atoms with van der Waals surface area (Å²) in [6.45, 7) is 5.40. The van der Waals surface area contributed by atoms with Crippen LogP contribution < -0.4 is 5.32 Å². The van der Waals surface area contributed by atoms with E-state index >= 15 is 0 Å². The Hall–Kier alpha value is -2.60. The van der Waals surface area contributed by atoms with Crippen molar-refractivity contribution < 1.29 is 4.79 Å². The highest BCUT2D eigenvalue weighted by Gasteiger charge is 2.40. The Morgan fingerprint density at radius 1 is 1.03 bits per heavy atom. The van der Waals surface area contributed by atoms with Gasteiger partial charge in [0.25, 0.3) is 0 Å². The van der Waals surface area contributed by atoms with Gasteiger partial charge in [0.1, 0.15) is 5.04 Å². The molecule has 2 aliphatic rings. The molecule has 0 aromatic heterocycles. The fourth-order valence-corrected chi connectivity index (χ4v) is 4.40. The first-order valence-electron chi connectivity index (χ1n) is 9.92. The molecule has 2 aliphatic heterocycles. The average Bonchev–Trinajstić information content (AvgIpc) is 3.07. The molecular weight excluding hydrogens is 380 g/mol. The van der Waals surface area contributed by atoms with Crippen LogP contribution in [0, 0.1) is 13.8 Å². The van der Waals surface area contributed by atoms with Crippen LogP contribution in [-0.4, -0.2) is 46.7 Å². The molecule has 150 valence electrons. The van der Waals surface area contributed by atoms with Crippen molar-refractivity contribution in [2.75, 3.05) is 24.7 Å². The van der Waals surface area contributed by atoms with E-state index in [0.29, 0.717) is 13.1 Å². The number of piperidine rings is 1. The number of anilines is 1. The Bertz CT molecular complexity index is 973. The zero-order valence-corrected chi connectivity index (χ0v) is 17.9. The van der Waals surface area contributed by atoms with E-state index in [2.05, 4.69) is 36.5 Å². The molecule has 0 radical (unpaired) electrons. The highest BCUT2D eigenvalue weighted by Crippen LogP contribution is 2.35. The lowest BCUT2D eigenvalue weighted by Crippen LogP contribution is -2.46. The van der Waals surface area contributed by atoms with Crippen molar-refractivity contribution in [3.63, 3.8) is 0 Å². The van der Waals surface area contributed by atoms with Gasteiger partial charge in [0.15, 0.2) is 5.66 Å². The summed E-state index contributed by atoms with van der Waals surface area (Å²) in [5.74, 6) is 0. The van der Waals surface area contributed by atoms with Gasteiger partial charge in [0.2, 0.25) is 0 Å². The zero-order valence-electron chi connectivity index (χ0n) is 17.1. The fourth-order valence-electron chi connectivity index (χ4n) is 3.78. The largest absolute Gasteiger partial charge is 0.324 e. The fraction of sp³-hybridized carbons (Fsp3) is 0.348. The third kappa shape index (κ3) is 4.22. The van der Waals surface area contributed by atoms with Crippen LogP contribution in [0.25, 0.3) is 0 Å². The Morgan fingerprint density at radius 2 is 1.76 bits per heavy atom. The summed E-state index contributed by atoms with van der Waals surface area (Å²) in [6.07, 6.45) is 3.54. The summed E-state index contributed by atoms with van der Waals surface area (Å²) in [6, 6.07) is 16.3. The maximum absolute atomic E-state index is 12.7. The number of amides is 2. The van der Waals surface area contributed by atoms with Gasteiger partial charge in [-0.05, 0) is 37.8 Å². The van der Waals surface area contributed by atoms with Crippen molar-refractivity contribution in [3.05, 3.63) is 65.2 Å². The number of likely N-dealkylation sites (tertiary alicyclic amines) is 1. The smallest absolute Gasteiger partial charge is 0.321 e. The first-order chi connectivity index (χ1) is 14.0. The molecule has 4 rings (SSSR count). The maximum atomic E-state index is 12.7. The molecule has 0 bridgehead atoms. The quantitative estimate of drug-likeness (QED) is 0.772. The summed E-state index contributed by atoms with van der Waals surface area (Å²) in [5, 5.41) is 3.99. The van der Waals surface area contributed by atoms with Gasteiger partial charge in [-0.15, -0.1) is 11.8 Å². The second-order valence-corrected chi connectivity index (χ2v) is 8.51. The van der Waals surface area contributed by atoms with Crippen molar-refractivity contribution in [1.82, 2.24) is 4.90 Å². The summed E-state index contributed by atoms with van der Waals surface area (Å²) >= 11 is 1.64. The van der Waals surface area contributed by atoms with Crippen LogP contribution >= 0.6 is 11.8 Å². The van der Waals surface area contributed by atoms with Gasteiger partial charge in [-0.2, -0.15) is 0 Å². The van der Waals surface area contributed by atoms with Crippen LogP contribution in [0.4, 0.5) is 10.5 Å². The number of thioether (sulfide) groups is 1. The van der Waals surface area contributed by atoms with Gasteiger partial charge in [0, 0.05) is 37.2 Å². The molecule has 0 saturated carbocycles. The predicted molar refractivity (Wildman–Crippen MR) is 122 cm³/mol. The number of carbonyl (C=O) groups is 1.